The minimum atomic E-state index is 0.792. The fourth-order valence-electron chi connectivity index (χ4n) is 0.279. The Labute approximate surface area is 81.5 Å². The smallest absolute Gasteiger partial charge is 0.156 e. The summed E-state index contributed by atoms with van der Waals surface area (Å²) in [6.45, 7) is 12.2. The van der Waals surface area contributed by atoms with Crippen molar-refractivity contribution in [1.82, 2.24) is 10.4 Å². The molecule has 0 unspecified atom stereocenters. The topological polar surface area (TPSA) is 38.9 Å². The normalized spacial score (nSPS) is 7.85. The molecule has 1 rings (SSSR count). The highest BCUT2D eigenvalue weighted by atomic mass is 16.5. The Morgan fingerprint density at radius 3 is 1.46 bits per heavy atom. The van der Waals surface area contributed by atoms with Gasteiger partial charge in [-0.1, -0.05) is 40.5 Å². The Bertz CT molecular complexity index is 166. The van der Waals surface area contributed by atoms with E-state index in [1.54, 1.807) is 0 Å². The summed E-state index contributed by atoms with van der Waals surface area (Å²) in [7, 11) is 0. The van der Waals surface area contributed by atoms with Crippen molar-refractivity contribution in [2.45, 2.75) is 54.4 Å². The van der Waals surface area contributed by atoms with Gasteiger partial charge < -0.3 is 4.52 Å². The fraction of sp³-hybridized carbons (Fsp3) is 0.800. The van der Waals surface area contributed by atoms with Gasteiger partial charge in [-0.2, -0.15) is 0 Å². The van der Waals surface area contributed by atoms with Crippen LogP contribution < -0.4 is 0 Å². The van der Waals surface area contributed by atoms with E-state index in [9.17, 15) is 0 Å². The minimum Gasteiger partial charge on any atom is -0.342 e. The molecule has 0 aromatic carbocycles. The van der Waals surface area contributed by atoms with Crippen LogP contribution in [0.5, 0.6) is 0 Å². The fourth-order valence-corrected chi connectivity index (χ4v) is 0.279. The summed E-state index contributed by atoms with van der Waals surface area (Å²) in [5.41, 5.74) is 0.861. The number of hydrogen-bond acceptors (Lipinski definition) is 3. The molecule has 78 valence electrons. The molecular weight excluding hydrogens is 164 g/mol. The summed E-state index contributed by atoms with van der Waals surface area (Å²) in [5, 5.41) is 6.90. The predicted molar refractivity (Wildman–Crippen MR) is 55.7 cm³/mol. The molecule has 0 aliphatic rings. The molecule has 0 N–H and O–H groups in total. The third-order valence-corrected chi connectivity index (χ3v) is 0.878. The second-order valence-corrected chi connectivity index (χ2v) is 2.83. The Morgan fingerprint density at radius 2 is 1.38 bits per heavy atom. The number of aromatic nitrogens is 2. The molecule has 1 aromatic rings. The van der Waals surface area contributed by atoms with Crippen molar-refractivity contribution in [1.29, 1.82) is 0 Å². The molecule has 0 aliphatic carbocycles. The average molecular weight is 186 g/mol. The average Bonchev–Trinajstić information content (AvgIpc) is 2.39. The molecule has 0 radical (unpaired) electrons. The van der Waals surface area contributed by atoms with Gasteiger partial charge >= 0.3 is 0 Å². The Morgan fingerprint density at radius 1 is 1.00 bits per heavy atom. The lowest BCUT2D eigenvalue weighted by Crippen LogP contribution is -1.70. The van der Waals surface area contributed by atoms with Crippen LogP contribution in [0.4, 0.5) is 0 Å². The molecule has 3 nitrogen and oxygen atoms in total. The second kappa shape index (κ2) is 11.1. The third kappa shape index (κ3) is 11.1. The first kappa shape index (κ1) is 14.7. The molecule has 0 amide bonds. The maximum Gasteiger partial charge on any atom is 0.156 e. The first-order chi connectivity index (χ1) is 6.13. The molecule has 0 spiro atoms. The van der Waals surface area contributed by atoms with E-state index in [4.69, 9.17) is 0 Å². The maximum absolute atomic E-state index is 4.60. The van der Waals surface area contributed by atoms with Crippen molar-refractivity contribution in [2.24, 2.45) is 0 Å². The highest BCUT2D eigenvalue weighted by Gasteiger charge is 1.93. The maximum atomic E-state index is 4.60. The standard InChI is InChI=1S/C4H6N2O.2C3H8/c1-3-4(2)7-6-5-3;2*1-3-2/h1-2H3;2*3H2,1-2H3. The zero-order valence-electron chi connectivity index (χ0n) is 9.72. The van der Waals surface area contributed by atoms with E-state index in [-0.39, 0.29) is 0 Å². The van der Waals surface area contributed by atoms with Crippen LogP contribution in [0.3, 0.4) is 0 Å². The molecular formula is C10H22N2O. The summed E-state index contributed by atoms with van der Waals surface area (Å²) in [4.78, 5) is 0. The van der Waals surface area contributed by atoms with Crippen LogP contribution in [0.1, 0.15) is 52.0 Å². The molecule has 0 fully saturated rings. The number of aryl methyl sites for hydroxylation is 2. The van der Waals surface area contributed by atoms with E-state index < -0.39 is 0 Å². The van der Waals surface area contributed by atoms with Gasteiger partial charge in [0.1, 0.15) is 5.69 Å². The van der Waals surface area contributed by atoms with Gasteiger partial charge in [-0.15, -0.1) is 5.10 Å². The lowest BCUT2D eigenvalue weighted by atomic mass is 10.4. The summed E-state index contributed by atoms with van der Waals surface area (Å²) in [5.74, 6) is 0.792. The van der Waals surface area contributed by atoms with Crippen LogP contribution in [-0.4, -0.2) is 10.4 Å². The molecule has 0 saturated heterocycles. The van der Waals surface area contributed by atoms with Crippen molar-refractivity contribution in [3.8, 4) is 0 Å². The van der Waals surface area contributed by atoms with Crippen LogP contribution >= 0.6 is 0 Å². The summed E-state index contributed by atoms with van der Waals surface area (Å²) in [6.07, 6.45) is 2.50. The van der Waals surface area contributed by atoms with Gasteiger partial charge in [-0.3, -0.25) is 0 Å². The van der Waals surface area contributed by atoms with Crippen LogP contribution in [0.2, 0.25) is 0 Å². The molecule has 0 aliphatic heterocycles. The van der Waals surface area contributed by atoms with Gasteiger partial charge in [0.05, 0.1) is 0 Å². The quantitative estimate of drug-likeness (QED) is 0.622. The van der Waals surface area contributed by atoms with Crippen LogP contribution in [0.15, 0.2) is 4.52 Å². The van der Waals surface area contributed by atoms with Crippen molar-refractivity contribution >= 4 is 0 Å². The Balaban J connectivity index is 0. The lowest BCUT2D eigenvalue weighted by Gasteiger charge is -1.72. The molecule has 13 heavy (non-hydrogen) atoms. The van der Waals surface area contributed by atoms with Crippen molar-refractivity contribution in [3.63, 3.8) is 0 Å². The number of hydrogen-bond donors (Lipinski definition) is 0. The van der Waals surface area contributed by atoms with Crippen molar-refractivity contribution < 1.29 is 4.52 Å². The monoisotopic (exact) mass is 186 g/mol. The molecule has 1 aromatic heterocycles. The largest absolute Gasteiger partial charge is 0.342 e. The first-order valence-corrected chi connectivity index (χ1v) is 4.89. The molecule has 0 atom stereocenters. The van der Waals surface area contributed by atoms with Gasteiger partial charge in [0, 0.05) is 5.27 Å². The van der Waals surface area contributed by atoms with Crippen LogP contribution in [0.25, 0.3) is 0 Å². The summed E-state index contributed by atoms with van der Waals surface area (Å²) >= 11 is 0. The molecule has 0 saturated carbocycles. The van der Waals surface area contributed by atoms with E-state index in [1.807, 2.05) is 13.8 Å². The number of nitrogens with zero attached hydrogens (tertiary/aromatic N) is 2. The van der Waals surface area contributed by atoms with E-state index in [1.165, 1.54) is 12.8 Å². The summed E-state index contributed by atoms with van der Waals surface area (Å²) in [6, 6.07) is 0. The third-order valence-electron chi connectivity index (χ3n) is 0.878. The molecule has 3 heteroatoms. The zero-order valence-corrected chi connectivity index (χ0v) is 9.72. The van der Waals surface area contributed by atoms with E-state index in [2.05, 4.69) is 42.6 Å². The predicted octanol–water partition coefficient (Wildman–Crippen LogP) is 3.52. The van der Waals surface area contributed by atoms with E-state index in [0.717, 1.165) is 11.5 Å². The SMILES string of the molecule is CCC.CCC.Cc1nnoc1C. The van der Waals surface area contributed by atoms with Gasteiger partial charge in [-0.05, 0) is 13.8 Å². The van der Waals surface area contributed by atoms with Crippen LogP contribution in [-0.2, 0) is 0 Å². The second-order valence-electron chi connectivity index (χ2n) is 2.83. The van der Waals surface area contributed by atoms with Crippen molar-refractivity contribution in [3.05, 3.63) is 11.5 Å². The van der Waals surface area contributed by atoms with Gasteiger partial charge in [0.15, 0.2) is 5.76 Å². The van der Waals surface area contributed by atoms with Gasteiger partial charge in [0.25, 0.3) is 0 Å². The van der Waals surface area contributed by atoms with E-state index in [0.29, 0.717) is 0 Å². The molecule has 1 heterocycles. The Hall–Kier alpha value is -0.860. The first-order valence-electron chi connectivity index (χ1n) is 4.89. The highest BCUT2D eigenvalue weighted by Crippen LogP contribution is 1.96. The van der Waals surface area contributed by atoms with Gasteiger partial charge in [0.2, 0.25) is 0 Å². The van der Waals surface area contributed by atoms with Crippen LogP contribution in [0, 0.1) is 13.8 Å². The highest BCUT2D eigenvalue weighted by molar-refractivity contribution is 4.97. The zero-order chi connectivity index (χ0) is 10.7. The summed E-state index contributed by atoms with van der Waals surface area (Å²) < 4.78 is 4.60. The van der Waals surface area contributed by atoms with Crippen molar-refractivity contribution in [2.75, 3.05) is 0 Å². The Kier molecular flexibility index (Phi) is 12.6. The number of rotatable bonds is 0. The minimum absolute atomic E-state index is 0.792. The molecule has 0 bridgehead atoms. The van der Waals surface area contributed by atoms with Gasteiger partial charge in [-0.25, -0.2) is 0 Å². The lowest BCUT2D eigenvalue weighted by molar-refractivity contribution is 0.373. The van der Waals surface area contributed by atoms with E-state index >= 15 is 0 Å².